The van der Waals surface area contributed by atoms with Crippen LogP contribution in [0.4, 0.5) is 4.39 Å². The molecule has 1 atom stereocenters. The molecule has 1 aromatic carbocycles. The Bertz CT molecular complexity index is 646. The molecule has 0 amide bonds. The number of benzene rings is 1. The molecular formula is C13H17BrFNO4S. The van der Waals surface area contributed by atoms with E-state index in [-0.39, 0.29) is 16.1 Å². The van der Waals surface area contributed by atoms with Gasteiger partial charge in [0.05, 0.1) is 11.7 Å². The van der Waals surface area contributed by atoms with E-state index in [4.69, 9.17) is 9.88 Å². The Labute approximate surface area is 131 Å². The minimum atomic E-state index is -4.26. The second kappa shape index (κ2) is 6.85. The zero-order valence-corrected chi connectivity index (χ0v) is 14.3. The van der Waals surface area contributed by atoms with Gasteiger partial charge < -0.3 is 4.74 Å². The molecule has 0 fully saturated rings. The van der Waals surface area contributed by atoms with Crippen molar-refractivity contribution in [2.75, 3.05) is 0 Å². The van der Waals surface area contributed by atoms with Crippen LogP contribution in [0.3, 0.4) is 0 Å². The van der Waals surface area contributed by atoms with Gasteiger partial charge in [-0.1, -0.05) is 13.8 Å². The molecule has 0 spiro atoms. The van der Waals surface area contributed by atoms with Crippen molar-refractivity contribution in [3.8, 4) is 0 Å². The van der Waals surface area contributed by atoms with Gasteiger partial charge in [0.25, 0.3) is 0 Å². The first kappa shape index (κ1) is 18.1. The number of sulfonamides is 1. The zero-order valence-electron chi connectivity index (χ0n) is 11.9. The monoisotopic (exact) mass is 381 g/mol. The quantitative estimate of drug-likeness (QED) is 0.794. The molecule has 0 radical (unpaired) electrons. The maximum Gasteiger partial charge on any atom is 0.339 e. The molecule has 0 aliphatic rings. The topological polar surface area (TPSA) is 86.5 Å². The zero-order chi connectivity index (χ0) is 16.4. The van der Waals surface area contributed by atoms with Crippen LogP contribution >= 0.6 is 15.9 Å². The number of halogens is 2. The number of primary sulfonamides is 1. The lowest BCUT2D eigenvalue weighted by molar-refractivity contribution is 0.0298. The predicted molar refractivity (Wildman–Crippen MR) is 79.8 cm³/mol. The molecule has 0 heterocycles. The van der Waals surface area contributed by atoms with Crippen LogP contribution in [-0.4, -0.2) is 20.5 Å². The summed E-state index contributed by atoms with van der Waals surface area (Å²) < 4.78 is 41.5. The van der Waals surface area contributed by atoms with Gasteiger partial charge in [-0.3, -0.25) is 0 Å². The summed E-state index contributed by atoms with van der Waals surface area (Å²) in [6, 6.07) is 1.75. The highest BCUT2D eigenvalue weighted by atomic mass is 79.9. The molecule has 5 nitrogen and oxygen atoms in total. The molecule has 0 aliphatic heterocycles. The van der Waals surface area contributed by atoms with Crippen LogP contribution in [0, 0.1) is 11.7 Å². The number of hydrogen-bond acceptors (Lipinski definition) is 4. The van der Waals surface area contributed by atoms with Gasteiger partial charge in [0, 0.05) is 4.47 Å². The molecule has 0 bridgehead atoms. The summed E-state index contributed by atoms with van der Waals surface area (Å²) in [5, 5.41) is 4.91. The fraction of sp³-hybridized carbons (Fsp3) is 0.462. The Balaban J connectivity index is 3.10. The Kier molecular flexibility index (Phi) is 5.89. The smallest absolute Gasteiger partial charge is 0.339 e. The number of rotatable bonds is 5. The summed E-state index contributed by atoms with van der Waals surface area (Å²) in [7, 11) is -4.26. The molecule has 1 aromatic rings. The summed E-state index contributed by atoms with van der Waals surface area (Å²) in [5.41, 5.74) is -0.0870. The Hall–Kier alpha value is -0.990. The Morgan fingerprint density at radius 1 is 1.38 bits per heavy atom. The number of esters is 1. The fourth-order valence-electron chi connectivity index (χ4n) is 1.86. The van der Waals surface area contributed by atoms with Crippen LogP contribution < -0.4 is 5.14 Å². The summed E-state index contributed by atoms with van der Waals surface area (Å²) in [5.74, 6) is -1.43. The van der Waals surface area contributed by atoms with Gasteiger partial charge >= 0.3 is 5.97 Å². The van der Waals surface area contributed by atoms with Crippen molar-refractivity contribution in [1.29, 1.82) is 0 Å². The van der Waals surface area contributed by atoms with Crippen LogP contribution in [0.1, 0.15) is 37.6 Å². The normalized spacial score (nSPS) is 13.3. The highest BCUT2D eigenvalue weighted by Crippen LogP contribution is 2.25. The largest absolute Gasteiger partial charge is 0.459 e. The number of ether oxygens (including phenoxy) is 1. The summed E-state index contributed by atoms with van der Waals surface area (Å²) in [6.07, 6.45) is 0.319. The lowest BCUT2D eigenvalue weighted by Crippen LogP contribution is -2.19. The van der Waals surface area contributed by atoms with E-state index in [1.165, 1.54) is 0 Å². The van der Waals surface area contributed by atoms with Crippen molar-refractivity contribution in [3.05, 3.63) is 28.0 Å². The van der Waals surface area contributed by atoms with Crippen LogP contribution in [-0.2, 0) is 14.8 Å². The molecule has 0 aliphatic carbocycles. The molecule has 1 rings (SSSR count). The highest BCUT2D eigenvalue weighted by molar-refractivity contribution is 9.10. The standard InChI is InChI=1S/C13H17BrFNO4S/c1-7(2)4-8(3)20-13(17)9-5-12(21(16,18)19)11(15)6-10(9)14/h5-8H,4H2,1-3H3,(H2,16,18,19). The molecule has 8 heteroatoms. The summed E-state index contributed by atoms with van der Waals surface area (Å²) in [6.45, 7) is 5.70. The van der Waals surface area contributed by atoms with E-state index in [9.17, 15) is 17.6 Å². The van der Waals surface area contributed by atoms with E-state index < -0.39 is 26.7 Å². The van der Waals surface area contributed by atoms with Gasteiger partial charge in [-0.05, 0) is 47.3 Å². The van der Waals surface area contributed by atoms with E-state index in [0.29, 0.717) is 12.3 Å². The first-order valence-electron chi connectivity index (χ1n) is 6.25. The van der Waals surface area contributed by atoms with Crippen LogP contribution in [0.2, 0.25) is 0 Å². The van der Waals surface area contributed by atoms with Gasteiger partial charge in [0.15, 0.2) is 0 Å². The molecule has 2 N–H and O–H groups in total. The minimum Gasteiger partial charge on any atom is -0.459 e. The van der Waals surface area contributed by atoms with Gasteiger partial charge in [0.1, 0.15) is 10.7 Å². The first-order chi connectivity index (χ1) is 9.52. The van der Waals surface area contributed by atoms with Crippen molar-refractivity contribution < 1.29 is 22.3 Å². The molecular weight excluding hydrogens is 365 g/mol. The molecule has 0 saturated carbocycles. The Morgan fingerprint density at radius 3 is 2.43 bits per heavy atom. The second-order valence-corrected chi connectivity index (χ2v) is 7.54. The summed E-state index contributed by atoms with van der Waals surface area (Å²) >= 11 is 3.01. The number of nitrogens with two attached hydrogens (primary N) is 1. The molecule has 0 aromatic heterocycles. The molecule has 118 valence electrons. The maximum atomic E-state index is 13.6. The van der Waals surface area contributed by atoms with Crippen molar-refractivity contribution in [1.82, 2.24) is 0 Å². The lowest BCUT2D eigenvalue weighted by atomic mass is 10.1. The van der Waals surface area contributed by atoms with Gasteiger partial charge in [0.2, 0.25) is 10.0 Å². The van der Waals surface area contributed by atoms with Crippen molar-refractivity contribution in [3.63, 3.8) is 0 Å². The van der Waals surface area contributed by atoms with Gasteiger partial charge in [-0.15, -0.1) is 0 Å². The lowest BCUT2D eigenvalue weighted by Gasteiger charge is -2.16. The fourth-order valence-corrected chi connectivity index (χ4v) is 2.95. The van der Waals surface area contributed by atoms with E-state index >= 15 is 0 Å². The van der Waals surface area contributed by atoms with Crippen LogP contribution in [0.15, 0.2) is 21.5 Å². The predicted octanol–water partition coefficient (Wildman–Crippen LogP) is 2.83. The first-order valence-corrected chi connectivity index (χ1v) is 8.59. The van der Waals surface area contributed by atoms with E-state index in [2.05, 4.69) is 15.9 Å². The van der Waals surface area contributed by atoms with Crippen molar-refractivity contribution in [2.45, 2.75) is 38.2 Å². The number of carbonyl (C=O) groups excluding carboxylic acids is 1. The average Bonchev–Trinajstić information content (AvgIpc) is 2.24. The highest BCUT2D eigenvalue weighted by Gasteiger charge is 2.22. The second-order valence-electron chi connectivity index (χ2n) is 5.15. The van der Waals surface area contributed by atoms with Crippen molar-refractivity contribution in [2.24, 2.45) is 11.1 Å². The van der Waals surface area contributed by atoms with Crippen LogP contribution in [0.25, 0.3) is 0 Å². The van der Waals surface area contributed by atoms with E-state index in [1.807, 2.05) is 13.8 Å². The molecule has 21 heavy (non-hydrogen) atoms. The number of carbonyl (C=O) groups is 1. The van der Waals surface area contributed by atoms with Crippen molar-refractivity contribution >= 4 is 31.9 Å². The third-order valence-electron chi connectivity index (χ3n) is 2.66. The van der Waals surface area contributed by atoms with Gasteiger partial charge in [-0.2, -0.15) is 0 Å². The third kappa shape index (κ3) is 5.05. The number of hydrogen-bond donors (Lipinski definition) is 1. The third-order valence-corrected chi connectivity index (χ3v) is 4.24. The SMILES string of the molecule is CC(C)CC(C)OC(=O)c1cc(S(N)(=O)=O)c(F)cc1Br. The van der Waals surface area contributed by atoms with Crippen LogP contribution in [0.5, 0.6) is 0 Å². The summed E-state index contributed by atoms with van der Waals surface area (Å²) in [4.78, 5) is 11.3. The minimum absolute atomic E-state index is 0.0870. The van der Waals surface area contributed by atoms with Gasteiger partial charge in [-0.25, -0.2) is 22.7 Å². The average molecular weight is 382 g/mol. The Morgan fingerprint density at radius 2 is 1.95 bits per heavy atom. The van der Waals surface area contributed by atoms with E-state index in [1.54, 1.807) is 6.92 Å². The maximum absolute atomic E-state index is 13.6. The molecule has 1 unspecified atom stereocenters. The molecule has 0 saturated heterocycles. The van der Waals surface area contributed by atoms with E-state index in [0.717, 1.165) is 12.1 Å².